The van der Waals surface area contributed by atoms with Gasteiger partial charge in [-0.2, -0.15) is 0 Å². The van der Waals surface area contributed by atoms with Crippen molar-refractivity contribution in [2.24, 2.45) is 0 Å². The minimum absolute atomic E-state index is 0.230. The Hall–Kier alpha value is -0.570. The lowest BCUT2D eigenvalue weighted by molar-refractivity contribution is -0.145. The summed E-state index contributed by atoms with van der Waals surface area (Å²) in [6.07, 6.45) is 1.05. The molecule has 2 unspecified atom stereocenters. The van der Waals surface area contributed by atoms with E-state index in [1.54, 1.807) is 6.92 Å². The van der Waals surface area contributed by atoms with Crippen LogP contribution in [0.3, 0.4) is 0 Å². The number of ether oxygens (including phenoxy) is 1. The molecule has 1 N–H and O–H groups in total. The third kappa shape index (κ3) is 9.73. The summed E-state index contributed by atoms with van der Waals surface area (Å²) in [6, 6.07) is 0. The van der Waals surface area contributed by atoms with Gasteiger partial charge >= 0.3 is 5.97 Å². The van der Waals surface area contributed by atoms with Crippen LogP contribution in [-0.2, 0) is 9.53 Å². The molecule has 0 fully saturated rings. The van der Waals surface area contributed by atoms with Gasteiger partial charge in [0.05, 0.1) is 20.5 Å². The Kier molecular flexibility index (Phi) is 7.26. The van der Waals surface area contributed by atoms with Crippen LogP contribution in [0.15, 0.2) is 0 Å². The molecule has 0 heterocycles. The van der Waals surface area contributed by atoms with Crippen LogP contribution in [0.2, 0.25) is 0 Å². The highest BCUT2D eigenvalue weighted by atomic mass is 16.5. The third-order valence-electron chi connectivity index (χ3n) is 2.07. The van der Waals surface area contributed by atoms with Crippen LogP contribution in [0.1, 0.15) is 61.5 Å². The first kappa shape index (κ1) is 10.9. The molecule has 0 aromatic heterocycles. The maximum Gasteiger partial charge on any atom is 0.308 e. The molecule has 90 valence electrons. The summed E-state index contributed by atoms with van der Waals surface area (Å²) >= 11 is 0. The van der Waals surface area contributed by atoms with Crippen LogP contribution in [-0.4, -0.2) is 23.8 Å². The first-order valence-electron chi connectivity index (χ1n) is 6.82. The second-order valence-corrected chi connectivity index (χ2v) is 3.53. The average Bonchev–Trinajstić information content (AvgIpc) is 2.23. The van der Waals surface area contributed by atoms with Gasteiger partial charge in [-0.05, 0) is 13.3 Å². The van der Waals surface area contributed by atoms with E-state index in [0.29, 0.717) is 6.42 Å². The molecule has 0 aliphatic heterocycles. The third-order valence-corrected chi connectivity index (χ3v) is 2.07. The lowest BCUT2D eigenvalue weighted by Crippen LogP contribution is -2.15. The summed E-state index contributed by atoms with van der Waals surface area (Å²) in [4.78, 5) is 11.2. The fourth-order valence-corrected chi connectivity index (χ4v) is 1.27. The molecule has 0 aromatic rings. The molecule has 0 rings (SSSR count). The van der Waals surface area contributed by atoms with Crippen molar-refractivity contribution in [1.29, 1.82) is 0 Å². The largest absolute Gasteiger partial charge is 0.466 e. The average molecular weight is 218 g/mol. The van der Waals surface area contributed by atoms with E-state index < -0.39 is 24.9 Å². The number of unbranched alkanes of at least 4 members (excludes halogenated alkanes) is 3. The first-order chi connectivity index (χ1) is 7.94. The van der Waals surface area contributed by atoms with Gasteiger partial charge < -0.3 is 9.84 Å². The summed E-state index contributed by atoms with van der Waals surface area (Å²) in [6.45, 7) is 4.00. The zero-order valence-electron chi connectivity index (χ0n) is 11.8. The van der Waals surface area contributed by atoms with Crippen molar-refractivity contribution in [2.75, 3.05) is 6.61 Å². The molecule has 3 nitrogen and oxygen atoms in total. The Bertz CT molecular complexity index is 220. The molecule has 3 heteroatoms. The van der Waals surface area contributed by atoms with Gasteiger partial charge in [0.15, 0.2) is 0 Å². The van der Waals surface area contributed by atoms with Gasteiger partial charge in [-0.1, -0.05) is 39.0 Å². The number of esters is 1. The van der Waals surface area contributed by atoms with E-state index in [1.165, 1.54) is 0 Å². The van der Waals surface area contributed by atoms with E-state index in [0.717, 1.165) is 25.7 Å². The molecule has 0 aliphatic carbocycles. The first-order valence-corrected chi connectivity index (χ1v) is 5.74. The van der Waals surface area contributed by atoms with Crippen molar-refractivity contribution in [1.82, 2.24) is 0 Å². The van der Waals surface area contributed by atoms with Crippen molar-refractivity contribution in [2.45, 2.75) is 64.8 Å². The molecule has 0 saturated carbocycles. The van der Waals surface area contributed by atoms with Crippen LogP contribution in [0.4, 0.5) is 0 Å². The maximum atomic E-state index is 11.2. The summed E-state index contributed by atoms with van der Waals surface area (Å²) in [5.74, 6) is -0.615. The van der Waals surface area contributed by atoms with Crippen molar-refractivity contribution >= 4 is 5.97 Å². The van der Waals surface area contributed by atoms with Gasteiger partial charge in [-0.15, -0.1) is 0 Å². The minimum Gasteiger partial charge on any atom is -0.466 e. The molecule has 15 heavy (non-hydrogen) atoms. The molecule has 0 aromatic carbocycles. The van der Waals surface area contributed by atoms with Crippen molar-refractivity contribution in [3.63, 3.8) is 0 Å². The lowest BCUT2D eigenvalue weighted by Gasteiger charge is -2.09. The van der Waals surface area contributed by atoms with Crippen LogP contribution in [0, 0.1) is 0 Å². The van der Waals surface area contributed by atoms with E-state index in [1.807, 2.05) is 0 Å². The van der Waals surface area contributed by atoms with Gasteiger partial charge in [0.25, 0.3) is 0 Å². The molecule has 2 atom stereocenters. The molecule has 0 spiro atoms. The number of rotatable bonds is 9. The monoisotopic (exact) mass is 218 g/mol. The molecule has 0 amide bonds. The quantitative estimate of drug-likeness (QED) is 0.478. The van der Waals surface area contributed by atoms with Crippen LogP contribution >= 0.6 is 0 Å². The highest BCUT2D eigenvalue weighted by molar-refractivity contribution is 5.69. The van der Waals surface area contributed by atoms with E-state index in [2.05, 4.69) is 11.7 Å². The van der Waals surface area contributed by atoms with Gasteiger partial charge in [0, 0.05) is 1.37 Å². The lowest BCUT2D eigenvalue weighted by atomic mass is 10.1. The Morgan fingerprint density at radius 3 is 2.67 bits per heavy atom. The highest BCUT2D eigenvalue weighted by Crippen LogP contribution is 2.09. The van der Waals surface area contributed by atoms with E-state index in [4.69, 9.17) is 2.74 Å². The predicted octanol–water partition coefficient (Wildman–Crippen LogP) is 2.66. The van der Waals surface area contributed by atoms with Crippen LogP contribution < -0.4 is 0 Å². The number of hydrogen-bond donors (Lipinski definition) is 1. The molecule has 0 saturated heterocycles. The molecule has 0 bridgehead atoms. The number of aliphatic hydroxyl groups is 1. The zero-order chi connectivity index (χ0) is 13.3. The fraction of sp³-hybridized carbons (Fsp3) is 0.917. The van der Waals surface area contributed by atoms with Crippen molar-refractivity contribution in [3.8, 4) is 0 Å². The smallest absolute Gasteiger partial charge is 0.308 e. The molecule has 0 aliphatic rings. The summed E-state index contributed by atoms with van der Waals surface area (Å²) < 4.78 is 19.9. The predicted molar refractivity (Wildman–Crippen MR) is 60.6 cm³/mol. The standard InChI is InChI=1S/C12H24O3/c1-3-5-6-7-8-9-11(13)10-12(14)15-4-2/h11,13H,3-10H2,1-2H3/i9D,11D. The van der Waals surface area contributed by atoms with Gasteiger partial charge in [0.2, 0.25) is 0 Å². The Balaban J connectivity index is 3.97. The summed E-state index contributed by atoms with van der Waals surface area (Å²) in [7, 11) is 0. The highest BCUT2D eigenvalue weighted by Gasteiger charge is 2.10. The minimum atomic E-state index is -2.03. The second kappa shape index (κ2) is 9.97. The fourth-order valence-electron chi connectivity index (χ4n) is 1.27. The molecule has 0 radical (unpaired) electrons. The Morgan fingerprint density at radius 2 is 2.07 bits per heavy atom. The van der Waals surface area contributed by atoms with Crippen molar-refractivity contribution in [3.05, 3.63) is 0 Å². The Labute approximate surface area is 95.6 Å². The molecular formula is C12H24O3. The van der Waals surface area contributed by atoms with Crippen LogP contribution in [0.5, 0.6) is 0 Å². The SMILES string of the molecule is [2H]C(CCCCCC)C([2H])(O)CC(=O)OCC. The van der Waals surface area contributed by atoms with Crippen LogP contribution in [0.25, 0.3) is 0 Å². The van der Waals surface area contributed by atoms with Gasteiger partial charge in [-0.25, -0.2) is 0 Å². The Morgan fingerprint density at radius 1 is 1.40 bits per heavy atom. The van der Waals surface area contributed by atoms with Gasteiger partial charge in [0.1, 0.15) is 0 Å². The topological polar surface area (TPSA) is 46.5 Å². The maximum absolute atomic E-state index is 11.2. The normalized spacial score (nSPS) is 18.6. The zero-order valence-corrected chi connectivity index (χ0v) is 9.79. The van der Waals surface area contributed by atoms with Gasteiger partial charge in [-0.3, -0.25) is 4.79 Å². The number of hydrogen-bond acceptors (Lipinski definition) is 3. The van der Waals surface area contributed by atoms with E-state index in [-0.39, 0.29) is 6.61 Å². The van der Waals surface area contributed by atoms with E-state index in [9.17, 15) is 9.90 Å². The molecular weight excluding hydrogens is 192 g/mol. The number of carbonyl (C=O) groups is 1. The summed E-state index contributed by atoms with van der Waals surface area (Å²) in [5.41, 5.74) is 0. The second-order valence-electron chi connectivity index (χ2n) is 3.53. The summed E-state index contributed by atoms with van der Waals surface area (Å²) in [5, 5.41) is 9.71. The van der Waals surface area contributed by atoms with Crippen molar-refractivity contribution < 1.29 is 17.4 Å². The van der Waals surface area contributed by atoms with E-state index >= 15 is 0 Å². The number of carbonyl (C=O) groups excluding carboxylic acids is 1.